The van der Waals surface area contributed by atoms with E-state index in [0.29, 0.717) is 20.4 Å². The standard InChI is InChI=1S/C24H15Cl2FN2O4S2/c25-19-9-16(10-20(26)22(19)33-13-15-3-7-18(8-4-15)29(31)32)11-21-23(30)28(24(34)35-21)12-14-1-5-17(27)6-2-14/h1-11H,12-13H2/b21-11-. The maximum Gasteiger partial charge on any atom is 0.269 e. The van der Waals surface area contributed by atoms with Gasteiger partial charge >= 0.3 is 0 Å². The Balaban J connectivity index is 1.47. The largest absolute Gasteiger partial charge is 0.486 e. The van der Waals surface area contributed by atoms with Gasteiger partial charge in [-0.05, 0) is 59.2 Å². The number of amides is 1. The first kappa shape index (κ1) is 25.1. The second kappa shape index (κ2) is 10.7. The number of ether oxygens (including phenoxy) is 1. The molecule has 1 amide bonds. The van der Waals surface area contributed by atoms with Crippen LogP contribution in [0.15, 0.2) is 65.6 Å². The number of rotatable bonds is 7. The number of halogens is 3. The first-order valence-corrected chi connectivity index (χ1v) is 12.0. The Bertz CT molecular complexity index is 1330. The van der Waals surface area contributed by atoms with Gasteiger partial charge in [-0.25, -0.2) is 4.39 Å². The number of carbonyl (C=O) groups is 1. The van der Waals surface area contributed by atoms with E-state index in [9.17, 15) is 19.3 Å². The second-order valence-electron chi connectivity index (χ2n) is 7.42. The molecule has 0 atom stereocenters. The molecule has 1 saturated heterocycles. The van der Waals surface area contributed by atoms with Crippen molar-refractivity contribution < 1.29 is 18.8 Å². The molecular formula is C24H15Cl2FN2O4S2. The minimum Gasteiger partial charge on any atom is -0.486 e. The van der Waals surface area contributed by atoms with Gasteiger partial charge in [0.25, 0.3) is 11.6 Å². The monoisotopic (exact) mass is 548 g/mol. The maximum atomic E-state index is 13.2. The third-order valence-electron chi connectivity index (χ3n) is 4.98. The second-order valence-corrected chi connectivity index (χ2v) is 9.91. The highest BCUT2D eigenvalue weighted by molar-refractivity contribution is 8.26. The Kier molecular flexibility index (Phi) is 7.71. The van der Waals surface area contributed by atoms with Gasteiger partial charge < -0.3 is 4.74 Å². The SMILES string of the molecule is O=C1/C(=C/c2cc(Cl)c(OCc3ccc([N+](=O)[O-])cc3)c(Cl)c2)SC(=S)N1Cc1ccc(F)cc1. The molecule has 3 aromatic rings. The molecule has 1 heterocycles. The number of nitrogens with zero attached hydrogens (tertiary/aromatic N) is 2. The van der Waals surface area contributed by atoms with Crippen LogP contribution in [0.4, 0.5) is 10.1 Å². The van der Waals surface area contributed by atoms with Crippen LogP contribution in [0.5, 0.6) is 5.75 Å². The van der Waals surface area contributed by atoms with Crippen LogP contribution in [0.25, 0.3) is 6.08 Å². The van der Waals surface area contributed by atoms with Crippen LogP contribution in [0.3, 0.4) is 0 Å². The van der Waals surface area contributed by atoms with Crippen molar-refractivity contribution in [2.45, 2.75) is 13.2 Å². The van der Waals surface area contributed by atoms with Crippen LogP contribution >= 0.6 is 47.2 Å². The molecule has 11 heteroatoms. The molecule has 0 saturated carbocycles. The lowest BCUT2D eigenvalue weighted by molar-refractivity contribution is -0.384. The Morgan fingerprint density at radius 1 is 1.06 bits per heavy atom. The zero-order chi connectivity index (χ0) is 25.1. The summed E-state index contributed by atoms with van der Waals surface area (Å²) in [6, 6.07) is 15.0. The zero-order valence-corrected chi connectivity index (χ0v) is 20.9. The van der Waals surface area contributed by atoms with Crippen LogP contribution in [0.1, 0.15) is 16.7 Å². The first-order chi connectivity index (χ1) is 16.7. The van der Waals surface area contributed by atoms with Gasteiger partial charge in [0.2, 0.25) is 0 Å². The molecule has 0 spiro atoms. The highest BCUT2D eigenvalue weighted by Gasteiger charge is 2.32. The molecule has 0 radical (unpaired) electrons. The van der Waals surface area contributed by atoms with Gasteiger partial charge in [0.1, 0.15) is 16.7 Å². The number of hydrogen-bond acceptors (Lipinski definition) is 6. The van der Waals surface area contributed by atoms with Crippen molar-refractivity contribution in [3.63, 3.8) is 0 Å². The van der Waals surface area contributed by atoms with Gasteiger partial charge in [0.05, 0.1) is 26.4 Å². The highest BCUT2D eigenvalue weighted by atomic mass is 35.5. The number of benzene rings is 3. The van der Waals surface area contributed by atoms with E-state index in [2.05, 4.69) is 0 Å². The van der Waals surface area contributed by atoms with Gasteiger partial charge in [-0.15, -0.1) is 0 Å². The lowest BCUT2D eigenvalue weighted by Crippen LogP contribution is -2.27. The van der Waals surface area contributed by atoms with E-state index in [0.717, 1.165) is 17.3 Å². The Morgan fingerprint density at radius 3 is 2.26 bits per heavy atom. The van der Waals surface area contributed by atoms with Crippen molar-refractivity contribution in [3.05, 3.63) is 108 Å². The normalized spacial score (nSPS) is 14.6. The molecule has 4 rings (SSSR count). The fourth-order valence-electron chi connectivity index (χ4n) is 3.23. The van der Waals surface area contributed by atoms with Crippen molar-refractivity contribution in [2.75, 3.05) is 0 Å². The number of thioether (sulfide) groups is 1. The highest BCUT2D eigenvalue weighted by Crippen LogP contribution is 2.38. The smallest absolute Gasteiger partial charge is 0.269 e. The lowest BCUT2D eigenvalue weighted by atomic mass is 10.2. The number of hydrogen-bond donors (Lipinski definition) is 0. The molecule has 1 aliphatic heterocycles. The Hall–Kier alpha value is -2.98. The van der Waals surface area contributed by atoms with Crippen LogP contribution < -0.4 is 4.74 Å². The zero-order valence-electron chi connectivity index (χ0n) is 17.7. The van der Waals surface area contributed by atoms with E-state index in [1.807, 2.05) is 0 Å². The number of non-ortho nitro benzene ring substituents is 1. The number of carbonyl (C=O) groups excluding carboxylic acids is 1. The van der Waals surface area contributed by atoms with Gasteiger partial charge in [-0.2, -0.15) is 0 Å². The van der Waals surface area contributed by atoms with Crippen LogP contribution in [-0.4, -0.2) is 20.1 Å². The molecule has 3 aromatic carbocycles. The van der Waals surface area contributed by atoms with Crippen molar-refractivity contribution in [1.82, 2.24) is 4.90 Å². The molecule has 0 aromatic heterocycles. The van der Waals surface area contributed by atoms with Gasteiger partial charge in [0.15, 0.2) is 5.75 Å². The molecule has 6 nitrogen and oxygen atoms in total. The predicted molar refractivity (Wildman–Crippen MR) is 139 cm³/mol. The molecule has 0 N–H and O–H groups in total. The number of nitro groups is 1. The van der Waals surface area contributed by atoms with Gasteiger partial charge in [-0.3, -0.25) is 19.8 Å². The molecule has 1 fully saturated rings. The van der Waals surface area contributed by atoms with Crippen LogP contribution in [-0.2, 0) is 17.9 Å². The molecule has 35 heavy (non-hydrogen) atoms. The summed E-state index contributed by atoms with van der Waals surface area (Å²) in [4.78, 5) is 25.0. The summed E-state index contributed by atoms with van der Waals surface area (Å²) in [5.41, 5.74) is 2.03. The lowest BCUT2D eigenvalue weighted by Gasteiger charge is -2.14. The molecule has 178 valence electrons. The maximum absolute atomic E-state index is 13.2. The minimum atomic E-state index is -0.478. The summed E-state index contributed by atoms with van der Waals surface area (Å²) in [6.45, 7) is 0.345. The Labute approximate surface area is 219 Å². The van der Waals surface area contributed by atoms with Gasteiger partial charge in [-0.1, -0.05) is 59.3 Å². The number of thiocarbonyl (C=S) groups is 1. The molecule has 0 unspecified atom stereocenters. The molecule has 0 bridgehead atoms. The minimum absolute atomic E-state index is 0.0164. The average Bonchev–Trinajstić information content (AvgIpc) is 3.07. The van der Waals surface area contributed by atoms with E-state index in [4.69, 9.17) is 40.2 Å². The first-order valence-electron chi connectivity index (χ1n) is 10.1. The molecule has 0 aliphatic carbocycles. The van der Waals surface area contributed by atoms with Crippen molar-refractivity contribution in [3.8, 4) is 5.75 Å². The van der Waals surface area contributed by atoms with Crippen molar-refractivity contribution >= 4 is 69.2 Å². The average molecular weight is 549 g/mol. The van der Waals surface area contributed by atoms with E-state index in [-0.39, 0.29) is 46.4 Å². The summed E-state index contributed by atoms with van der Waals surface area (Å²) in [5, 5.41) is 11.3. The predicted octanol–water partition coefficient (Wildman–Crippen LogP) is 7.02. The summed E-state index contributed by atoms with van der Waals surface area (Å²) in [7, 11) is 0. The van der Waals surface area contributed by atoms with E-state index in [1.54, 1.807) is 42.5 Å². The topological polar surface area (TPSA) is 72.7 Å². The quantitative estimate of drug-likeness (QED) is 0.137. The number of nitro benzene ring substituents is 1. The fraction of sp³-hybridized carbons (Fsp3) is 0.0833. The third kappa shape index (κ3) is 5.99. The summed E-state index contributed by atoms with van der Waals surface area (Å²) in [6.07, 6.45) is 1.64. The van der Waals surface area contributed by atoms with Gasteiger partial charge in [0, 0.05) is 12.1 Å². The fourth-order valence-corrected chi connectivity index (χ4v) is 5.10. The van der Waals surface area contributed by atoms with Crippen molar-refractivity contribution in [2.24, 2.45) is 0 Å². The van der Waals surface area contributed by atoms with E-state index < -0.39 is 4.92 Å². The summed E-state index contributed by atoms with van der Waals surface area (Å²) >= 11 is 19.3. The van der Waals surface area contributed by atoms with Crippen LogP contribution in [0, 0.1) is 15.9 Å². The van der Waals surface area contributed by atoms with Crippen molar-refractivity contribution in [1.29, 1.82) is 0 Å². The Morgan fingerprint density at radius 2 is 1.66 bits per heavy atom. The summed E-state index contributed by atoms with van der Waals surface area (Å²) in [5.74, 6) is -0.365. The third-order valence-corrected chi connectivity index (χ3v) is 6.92. The summed E-state index contributed by atoms with van der Waals surface area (Å²) < 4.78 is 19.3. The van der Waals surface area contributed by atoms with Crippen LogP contribution in [0.2, 0.25) is 10.0 Å². The van der Waals surface area contributed by atoms with E-state index in [1.165, 1.54) is 29.2 Å². The van der Waals surface area contributed by atoms with E-state index >= 15 is 0 Å². The molecule has 1 aliphatic rings. The molecular weight excluding hydrogens is 534 g/mol.